The van der Waals surface area contributed by atoms with Gasteiger partial charge in [-0.3, -0.25) is 5.10 Å². The molecule has 7 nitrogen and oxygen atoms in total. The average Bonchev–Trinajstić information content (AvgIpc) is 3.13. The number of aliphatic hydroxyl groups is 1. The Morgan fingerprint density at radius 2 is 2.07 bits per heavy atom. The number of fused-ring (bicyclic) bond motifs is 2. The van der Waals surface area contributed by atoms with Crippen LogP contribution in [0.3, 0.4) is 0 Å². The second kappa shape index (κ2) is 5.42. The van der Waals surface area contributed by atoms with Crippen molar-refractivity contribution in [1.82, 2.24) is 20.2 Å². The van der Waals surface area contributed by atoms with Crippen LogP contribution in [0, 0.1) is 5.41 Å². The van der Waals surface area contributed by atoms with Gasteiger partial charge in [0.2, 0.25) is 5.95 Å². The average molecular weight is 362 g/mol. The lowest BCUT2D eigenvalue weighted by molar-refractivity contribution is 0.0873. The molecule has 4 aliphatic rings. The summed E-state index contributed by atoms with van der Waals surface area (Å²) in [5.41, 5.74) is 2.17. The summed E-state index contributed by atoms with van der Waals surface area (Å²) in [6.07, 6.45) is 4.55. The van der Waals surface area contributed by atoms with Gasteiger partial charge in [0.05, 0.1) is 12.1 Å². The normalized spacial score (nSPS) is 26.4. The molecule has 2 saturated heterocycles. The highest BCUT2D eigenvalue weighted by atomic mass is 16.3. The van der Waals surface area contributed by atoms with Gasteiger partial charge < -0.3 is 15.3 Å². The third-order valence-electron chi connectivity index (χ3n) is 6.33. The van der Waals surface area contributed by atoms with Crippen LogP contribution in [-0.2, 0) is 0 Å². The Balaban J connectivity index is 1.38. The van der Waals surface area contributed by atoms with Crippen molar-refractivity contribution >= 4 is 28.5 Å². The van der Waals surface area contributed by atoms with Crippen molar-refractivity contribution in [3.63, 3.8) is 0 Å². The standard InChI is InChI=1S/C20H22N6O/c27-11-20-8-13(9-20)26(10-20)19-21-15-4-2-1-3-14(15)18(23-19)22-17-7-16(24-25-17)12-5-6-12/h1-4,7,12-13,27H,5-6,8-11H2,(H2,21,22,23,24,25). The molecular weight excluding hydrogens is 340 g/mol. The molecular formula is C20H22N6O. The topological polar surface area (TPSA) is 90.0 Å². The summed E-state index contributed by atoms with van der Waals surface area (Å²) >= 11 is 0. The number of hydrogen-bond acceptors (Lipinski definition) is 6. The van der Waals surface area contributed by atoms with Gasteiger partial charge in [0.1, 0.15) is 5.82 Å². The Bertz CT molecular complexity index is 1020. The van der Waals surface area contributed by atoms with Crippen molar-refractivity contribution in [1.29, 1.82) is 0 Å². The summed E-state index contributed by atoms with van der Waals surface area (Å²) in [5.74, 6) is 2.96. The number of aromatic amines is 1. The highest BCUT2D eigenvalue weighted by molar-refractivity contribution is 5.91. The molecule has 0 spiro atoms. The lowest BCUT2D eigenvalue weighted by atomic mass is 9.71. The van der Waals surface area contributed by atoms with Gasteiger partial charge in [-0.05, 0) is 37.8 Å². The van der Waals surface area contributed by atoms with Crippen LogP contribution in [0.2, 0.25) is 0 Å². The molecule has 2 aliphatic carbocycles. The molecule has 138 valence electrons. The lowest BCUT2D eigenvalue weighted by Crippen LogP contribution is -2.37. The molecule has 0 atom stereocenters. The van der Waals surface area contributed by atoms with Crippen LogP contribution in [-0.4, -0.2) is 44.5 Å². The number of hydrogen-bond donors (Lipinski definition) is 3. The van der Waals surface area contributed by atoms with Crippen LogP contribution < -0.4 is 10.2 Å². The van der Waals surface area contributed by atoms with Gasteiger partial charge in [-0.15, -0.1) is 0 Å². The van der Waals surface area contributed by atoms with Crippen LogP contribution in [0.15, 0.2) is 30.3 Å². The van der Waals surface area contributed by atoms with Crippen molar-refractivity contribution in [2.75, 3.05) is 23.4 Å². The SMILES string of the molecule is OCC12CC(C1)N(c1nc(Nc3cc(C4CC4)[nH]n3)c3ccccc3n1)C2. The number of nitrogens with zero attached hydrogens (tertiary/aromatic N) is 4. The predicted molar refractivity (Wildman–Crippen MR) is 103 cm³/mol. The van der Waals surface area contributed by atoms with Gasteiger partial charge in [-0.2, -0.15) is 10.1 Å². The van der Waals surface area contributed by atoms with Crippen LogP contribution in [0.25, 0.3) is 10.9 Å². The highest BCUT2D eigenvalue weighted by Gasteiger charge is 2.55. The number of aromatic nitrogens is 4. The van der Waals surface area contributed by atoms with Gasteiger partial charge in [0, 0.05) is 41.1 Å². The number of nitrogens with one attached hydrogen (secondary N) is 2. The fourth-order valence-corrected chi connectivity index (χ4v) is 4.61. The molecule has 2 saturated carbocycles. The molecule has 2 aliphatic heterocycles. The van der Waals surface area contributed by atoms with Crippen molar-refractivity contribution in [3.05, 3.63) is 36.0 Å². The zero-order valence-electron chi connectivity index (χ0n) is 15.0. The van der Waals surface area contributed by atoms with E-state index in [0.29, 0.717) is 12.0 Å². The zero-order chi connectivity index (χ0) is 18.0. The lowest BCUT2D eigenvalue weighted by Gasteiger charge is -2.34. The molecule has 3 N–H and O–H groups in total. The van der Waals surface area contributed by atoms with Crippen molar-refractivity contribution in [2.45, 2.75) is 37.6 Å². The van der Waals surface area contributed by atoms with E-state index in [1.807, 2.05) is 24.3 Å². The van der Waals surface area contributed by atoms with Crippen molar-refractivity contribution < 1.29 is 5.11 Å². The van der Waals surface area contributed by atoms with Gasteiger partial charge in [-0.25, -0.2) is 4.98 Å². The minimum Gasteiger partial charge on any atom is -0.396 e. The van der Waals surface area contributed by atoms with E-state index in [4.69, 9.17) is 9.97 Å². The van der Waals surface area contributed by atoms with Gasteiger partial charge in [-0.1, -0.05) is 12.1 Å². The van der Waals surface area contributed by atoms with Crippen LogP contribution in [0.4, 0.5) is 17.6 Å². The fraction of sp³-hybridized carbons (Fsp3) is 0.450. The summed E-state index contributed by atoms with van der Waals surface area (Å²) in [4.78, 5) is 11.9. The van der Waals surface area contributed by atoms with E-state index in [0.717, 1.165) is 47.9 Å². The molecule has 3 aromatic rings. The fourth-order valence-electron chi connectivity index (χ4n) is 4.61. The third-order valence-corrected chi connectivity index (χ3v) is 6.33. The minimum atomic E-state index is 0.0502. The first kappa shape index (κ1) is 15.4. The van der Waals surface area contributed by atoms with E-state index >= 15 is 0 Å². The number of anilines is 3. The molecule has 2 bridgehead atoms. The molecule has 2 aromatic heterocycles. The number of para-hydroxylation sites is 1. The second-order valence-corrected chi connectivity index (χ2v) is 8.35. The first-order valence-corrected chi connectivity index (χ1v) is 9.70. The molecule has 27 heavy (non-hydrogen) atoms. The monoisotopic (exact) mass is 362 g/mol. The molecule has 0 unspecified atom stereocenters. The summed E-state index contributed by atoms with van der Waals surface area (Å²) in [6.45, 7) is 1.08. The van der Waals surface area contributed by atoms with E-state index in [9.17, 15) is 5.11 Å². The smallest absolute Gasteiger partial charge is 0.228 e. The number of rotatable bonds is 5. The molecule has 4 heterocycles. The van der Waals surface area contributed by atoms with Crippen LogP contribution >= 0.6 is 0 Å². The minimum absolute atomic E-state index is 0.0502. The largest absolute Gasteiger partial charge is 0.396 e. The van der Waals surface area contributed by atoms with E-state index in [2.05, 4.69) is 26.5 Å². The Labute approximate surface area is 156 Å². The van der Waals surface area contributed by atoms with E-state index < -0.39 is 0 Å². The maximum absolute atomic E-state index is 9.71. The molecule has 1 aromatic carbocycles. The quantitative estimate of drug-likeness (QED) is 0.647. The molecule has 0 amide bonds. The Hall–Kier alpha value is -2.67. The first-order chi connectivity index (χ1) is 13.2. The number of aliphatic hydroxyl groups excluding tert-OH is 1. The summed E-state index contributed by atoms with van der Waals surface area (Å²) in [7, 11) is 0. The third kappa shape index (κ3) is 2.41. The molecule has 7 heteroatoms. The van der Waals surface area contributed by atoms with E-state index in [1.54, 1.807) is 0 Å². The number of H-pyrrole nitrogens is 1. The second-order valence-electron chi connectivity index (χ2n) is 8.35. The molecule has 7 rings (SSSR count). The molecule has 0 radical (unpaired) electrons. The first-order valence-electron chi connectivity index (χ1n) is 9.70. The van der Waals surface area contributed by atoms with Crippen molar-refractivity contribution in [3.8, 4) is 0 Å². The van der Waals surface area contributed by atoms with Gasteiger partial charge >= 0.3 is 0 Å². The zero-order valence-corrected chi connectivity index (χ0v) is 15.0. The van der Waals surface area contributed by atoms with Gasteiger partial charge in [0.25, 0.3) is 0 Å². The Kier molecular flexibility index (Phi) is 3.09. The van der Waals surface area contributed by atoms with Crippen LogP contribution in [0.5, 0.6) is 0 Å². The molecule has 4 fully saturated rings. The Morgan fingerprint density at radius 1 is 1.22 bits per heavy atom. The van der Waals surface area contributed by atoms with Gasteiger partial charge in [0.15, 0.2) is 5.82 Å². The maximum atomic E-state index is 9.71. The number of benzene rings is 1. The predicted octanol–water partition coefficient (Wildman–Crippen LogP) is 2.94. The van der Waals surface area contributed by atoms with Crippen molar-refractivity contribution in [2.24, 2.45) is 5.41 Å². The Morgan fingerprint density at radius 3 is 2.85 bits per heavy atom. The highest BCUT2D eigenvalue weighted by Crippen LogP contribution is 2.52. The van der Waals surface area contributed by atoms with Crippen LogP contribution in [0.1, 0.15) is 37.3 Å². The van der Waals surface area contributed by atoms with E-state index in [1.165, 1.54) is 18.5 Å². The van der Waals surface area contributed by atoms with E-state index in [-0.39, 0.29) is 12.0 Å². The summed E-state index contributed by atoms with van der Waals surface area (Å²) < 4.78 is 0. The summed E-state index contributed by atoms with van der Waals surface area (Å²) in [6, 6.07) is 10.6. The maximum Gasteiger partial charge on any atom is 0.228 e. The summed E-state index contributed by atoms with van der Waals surface area (Å²) in [5, 5.41) is 21.6.